The number of benzene rings is 2. The third kappa shape index (κ3) is 22.1. The molecule has 2 spiro atoms. The van der Waals surface area contributed by atoms with Crippen LogP contribution in [0.5, 0.6) is 23.0 Å². The number of carboxylic acids is 1. The van der Waals surface area contributed by atoms with Crippen molar-refractivity contribution in [1.82, 2.24) is 9.80 Å². The molecule has 9 rings (SSSR count). The van der Waals surface area contributed by atoms with Crippen molar-refractivity contribution in [2.75, 3.05) is 46.7 Å². The molecular formula is C65H85Cl2F3N2O20. The molecule has 2 aromatic rings. The standard InChI is InChI=1S/C26H35NO6.C24H26F3NO7.C9H16O4.C5H6O3.CH2Cl2/c1-25(2,3)33-22(29)8-6-7-21(28)31-18-11-12-26-13-14-27(4)16-17-9-10-19(30-5)24(23(17)26)32-20(26)15-18;1-28-11-10-23-9-8-15(33-18(29)4-3-5-19(30)35-22(31)24(25,26)27)12-17(23)34-21-16(32-2)7-6-14(13-28)20(21)23;1-9(2,3)13-8(12)6-4-5-7(10)11;6-4-2-1-3-5(7)8-4;2-1-3/h9-12,18,20H,6-8,13-16H2,1-5H3;6-9,15,17H,3-5,10-13H2,1-2H3;4-6H2,1-3H3,(H,10,11);1-3H2;1H2/t18-,20-,26-;15-,17-,23-;;;/m00.../s1. The molecule has 5 heterocycles. The average molecular weight is 1340 g/mol. The zero-order valence-electron chi connectivity index (χ0n) is 53.8. The largest absolute Gasteiger partial charge is 0.493 e. The van der Waals surface area contributed by atoms with Gasteiger partial charge in [-0.1, -0.05) is 24.3 Å². The highest BCUT2D eigenvalue weighted by molar-refractivity contribution is 6.40. The van der Waals surface area contributed by atoms with E-state index in [9.17, 15) is 56.3 Å². The van der Waals surface area contributed by atoms with Gasteiger partial charge in [0.1, 0.15) is 35.6 Å². The van der Waals surface area contributed by atoms with E-state index < -0.39 is 53.8 Å². The van der Waals surface area contributed by atoms with E-state index in [1.165, 1.54) is 16.7 Å². The predicted molar refractivity (Wildman–Crippen MR) is 327 cm³/mol. The number of aliphatic carboxylic acids is 1. The molecule has 0 amide bonds. The number of carbonyl (C=O) groups excluding carboxylic acids is 8. The molecule has 2 aromatic carbocycles. The minimum absolute atomic E-state index is 0.0131. The summed E-state index contributed by atoms with van der Waals surface area (Å²) >= 11 is 9.53. The molecule has 2 aliphatic carbocycles. The third-order valence-corrected chi connectivity index (χ3v) is 15.4. The Kier molecular flexibility index (Phi) is 27.8. The van der Waals surface area contributed by atoms with E-state index in [1.54, 1.807) is 35.0 Å². The number of hydrogen-bond acceptors (Lipinski definition) is 21. The van der Waals surface area contributed by atoms with Gasteiger partial charge in [-0.25, -0.2) is 4.79 Å². The van der Waals surface area contributed by atoms with Crippen molar-refractivity contribution in [3.05, 3.63) is 70.8 Å². The summed E-state index contributed by atoms with van der Waals surface area (Å²) in [5, 5.41) is 8.50. The highest BCUT2D eigenvalue weighted by atomic mass is 35.5. The van der Waals surface area contributed by atoms with Crippen LogP contribution in [-0.4, -0.2) is 157 Å². The number of ether oxygens (including phenoxy) is 10. The van der Waals surface area contributed by atoms with E-state index in [1.807, 2.05) is 51.1 Å². The van der Waals surface area contributed by atoms with E-state index >= 15 is 0 Å². The third-order valence-electron chi connectivity index (χ3n) is 15.4. The van der Waals surface area contributed by atoms with Gasteiger partial charge in [0.25, 0.3) is 0 Å². The van der Waals surface area contributed by atoms with Gasteiger partial charge in [-0.15, -0.1) is 23.2 Å². The number of halogens is 5. The van der Waals surface area contributed by atoms with Crippen molar-refractivity contribution in [2.45, 2.75) is 210 Å². The molecule has 92 heavy (non-hydrogen) atoms. The molecule has 1 N–H and O–H groups in total. The Balaban J connectivity index is 0.000000247. The lowest BCUT2D eigenvalue weighted by molar-refractivity contribution is -0.201. The first kappa shape index (κ1) is 75.8. The van der Waals surface area contributed by atoms with Gasteiger partial charge >= 0.3 is 59.9 Å². The molecule has 6 atom stereocenters. The summed E-state index contributed by atoms with van der Waals surface area (Å²) in [6.45, 7) is 14.3. The van der Waals surface area contributed by atoms with E-state index in [-0.39, 0.29) is 103 Å². The normalized spacial score (nSPS) is 22.4. The first-order valence-corrected chi connectivity index (χ1v) is 31.4. The van der Waals surface area contributed by atoms with Crippen molar-refractivity contribution in [2.24, 2.45) is 0 Å². The second-order valence-corrected chi connectivity index (χ2v) is 25.8. The maximum atomic E-state index is 12.4. The Morgan fingerprint density at radius 1 is 0.609 bits per heavy atom. The lowest BCUT2D eigenvalue weighted by atomic mass is 9.69. The summed E-state index contributed by atoms with van der Waals surface area (Å²) in [6, 6.07) is 8.06. The van der Waals surface area contributed by atoms with Gasteiger partial charge < -0.3 is 62.3 Å². The number of nitrogens with zero attached hydrogens (tertiary/aromatic N) is 2. The molecule has 22 nitrogen and oxygen atoms in total. The fraction of sp³-hybridized carbons (Fsp3) is 0.615. The van der Waals surface area contributed by atoms with Crippen LogP contribution < -0.4 is 18.9 Å². The lowest BCUT2D eigenvalue weighted by Gasteiger charge is -2.36. The second-order valence-electron chi connectivity index (χ2n) is 25.0. The number of rotatable bonds is 16. The van der Waals surface area contributed by atoms with Crippen LogP contribution >= 0.6 is 23.2 Å². The molecule has 5 aliphatic heterocycles. The van der Waals surface area contributed by atoms with Gasteiger partial charge in [-0.05, 0) is 143 Å². The van der Waals surface area contributed by atoms with Crippen molar-refractivity contribution in [3.8, 4) is 23.0 Å². The number of alkyl halides is 5. The lowest BCUT2D eigenvalue weighted by Crippen LogP contribution is -2.43. The molecule has 7 aliphatic rings. The number of cyclic esters (lactones) is 2. The highest BCUT2D eigenvalue weighted by Crippen LogP contribution is 2.57. The summed E-state index contributed by atoms with van der Waals surface area (Å²) < 4.78 is 89.8. The molecule has 27 heteroatoms. The molecule has 510 valence electrons. The van der Waals surface area contributed by atoms with Gasteiger partial charge in [0.05, 0.1) is 30.4 Å². The SMILES string of the molecule is CC(C)(C)OC(=O)CCCC(=O)O.COc1ccc2c3c1O[C@H]1C[C@@H](OC(=O)CCCC(=O)OC(=O)C(F)(F)F)C=C[C@@]31CCN(C)C2.COc1ccc2c3c1O[C@H]1C[C@@H](OC(=O)CCCC(=O)OC(C)(C)C)C=C[C@@]31CCN(C)C2.ClCCl.O=C1CCCC(=O)O1. The molecule has 0 radical (unpaired) electrons. The van der Waals surface area contributed by atoms with Crippen LogP contribution in [0.15, 0.2) is 48.6 Å². The Labute approximate surface area is 543 Å². The molecular weight excluding hydrogens is 1260 g/mol. The van der Waals surface area contributed by atoms with Crippen LogP contribution in [0.2, 0.25) is 0 Å². The summed E-state index contributed by atoms with van der Waals surface area (Å²) in [4.78, 5) is 105. The molecule has 1 fully saturated rings. The van der Waals surface area contributed by atoms with Crippen LogP contribution in [0.1, 0.15) is 167 Å². The quantitative estimate of drug-likeness (QED) is 0.0538. The Hall–Kier alpha value is -6.96. The van der Waals surface area contributed by atoms with Gasteiger partial charge in [-0.3, -0.25) is 38.4 Å². The average Bonchev–Trinajstić information content (AvgIpc) is 1.57. The highest BCUT2D eigenvalue weighted by Gasteiger charge is 2.55. The van der Waals surface area contributed by atoms with E-state index in [0.29, 0.717) is 56.4 Å². The monoisotopic (exact) mass is 1340 g/mol. The smallest absolute Gasteiger partial charge is 0.491 e. The van der Waals surface area contributed by atoms with E-state index in [0.717, 1.165) is 56.1 Å². The van der Waals surface area contributed by atoms with E-state index in [4.69, 9.17) is 66.2 Å². The van der Waals surface area contributed by atoms with Gasteiger partial charge in [0.15, 0.2) is 23.0 Å². The maximum Gasteiger partial charge on any atom is 0.491 e. The number of carbonyl (C=O) groups is 9. The summed E-state index contributed by atoms with van der Waals surface area (Å²) in [5.41, 5.74) is 3.16. The molecule has 0 saturated carbocycles. The Morgan fingerprint density at radius 3 is 1.34 bits per heavy atom. The maximum absolute atomic E-state index is 12.4. The van der Waals surface area contributed by atoms with Crippen molar-refractivity contribution >= 4 is 76.9 Å². The van der Waals surface area contributed by atoms with Crippen molar-refractivity contribution in [3.63, 3.8) is 0 Å². The molecule has 0 aromatic heterocycles. The number of carboxylic acid groups (broad SMARTS) is 1. The molecule has 0 bridgehead atoms. The predicted octanol–water partition coefficient (Wildman–Crippen LogP) is 10.4. The van der Waals surface area contributed by atoms with Crippen LogP contribution in [0.25, 0.3) is 0 Å². The summed E-state index contributed by atoms with van der Waals surface area (Å²) in [7, 11) is 7.46. The van der Waals surface area contributed by atoms with E-state index in [2.05, 4.69) is 51.6 Å². The van der Waals surface area contributed by atoms with Crippen molar-refractivity contribution in [1.29, 1.82) is 0 Å². The fourth-order valence-corrected chi connectivity index (χ4v) is 11.5. The Bertz CT molecular complexity index is 3020. The van der Waals surface area contributed by atoms with Crippen LogP contribution in [0.4, 0.5) is 13.2 Å². The van der Waals surface area contributed by atoms with Crippen molar-refractivity contribution < 1.29 is 109 Å². The van der Waals surface area contributed by atoms with Crippen LogP contribution in [0, 0.1) is 0 Å². The van der Waals surface area contributed by atoms with Crippen LogP contribution in [0.3, 0.4) is 0 Å². The number of esters is 8. The zero-order valence-corrected chi connectivity index (χ0v) is 55.3. The molecule has 1 saturated heterocycles. The van der Waals surface area contributed by atoms with Crippen LogP contribution in [-0.2, 0) is 95.5 Å². The van der Waals surface area contributed by atoms with Gasteiger partial charge in [-0.2, -0.15) is 13.2 Å². The Morgan fingerprint density at radius 2 is 0.989 bits per heavy atom. The minimum Gasteiger partial charge on any atom is -0.493 e. The zero-order chi connectivity index (χ0) is 68.4. The van der Waals surface area contributed by atoms with Gasteiger partial charge in [0, 0.05) is 88.4 Å². The number of methoxy groups -OCH3 is 2. The summed E-state index contributed by atoms with van der Waals surface area (Å²) in [6.07, 6.45) is 6.27. The van der Waals surface area contributed by atoms with Gasteiger partial charge in [0.2, 0.25) is 0 Å². The first-order chi connectivity index (χ1) is 43.2. The topological polar surface area (TPSA) is 273 Å². The first-order valence-electron chi connectivity index (χ1n) is 30.4. The number of hydrogen-bond donors (Lipinski definition) is 1. The fourth-order valence-electron chi connectivity index (χ4n) is 11.5. The second kappa shape index (κ2) is 33.7. The molecule has 0 unspecified atom stereocenters. The minimum atomic E-state index is -5.25. The summed E-state index contributed by atoms with van der Waals surface area (Å²) in [5.74, 6) is -4.20.